The minimum Gasteiger partial charge on any atom is -0.0950 e. The van der Waals surface area contributed by atoms with Crippen LogP contribution in [0.3, 0.4) is 0 Å². The van der Waals surface area contributed by atoms with Crippen molar-refractivity contribution >= 4 is 8.07 Å². The largest absolute Gasteiger partial charge is 0.0950 e. The van der Waals surface area contributed by atoms with Crippen molar-refractivity contribution in [3.63, 3.8) is 0 Å². The lowest BCUT2D eigenvalue weighted by Crippen LogP contribution is -2.15. The smallest absolute Gasteiger partial charge is 0.0687 e. The molecule has 0 heterocycles. The first-order valence-electron chi connectivity index (χ1n) is 5.30. The summed E-state index contributed by atoms with van der Waals surface area (Å²) in [5.41, 5.74) is 3.90. The van der Waals surface area contributed by atoms with Crippen LogP contribution in [-0.2, 0) is 0 Å². The summed E-state index contributed by atoms with van der Waals surface area (Å²) in [5.74, 6) is 0. The quantitative estimate of drug-likeness (QED) is 0.447. The highest BCUT2D eigenvalue weighted by Crippen LogP contribution is 2.07. The lowest BCUT2D eigenvalue weighted by molar-refractivity contribution is 0.787. The van der Waals surface area contributed by atoms with Crippen LogP contribution >= 0.6 is 0 Å². The molecule has 0 nitrogen and oxygen atoms in total. The summed E-state index contributed by atoms with van der Waals surface area (Å²) in [6, 6.07) is 0. The van der Waals surface area contributed by atoms with E-state index in [9.17, 15) is 0 Å². The van der Waals surface area contributed by atoms with Crippen LogP contribution in [0, 0.1) is 0 Å². The molecule has 0 aliphatic rings. The van der Waals surface area contributed by atoms with Crippen LogP contribution in [0.15, 0.2) is 23.4 Å². The molecule has 0 aliphatic carbocycles. The molecule has 0 aromatic heterocycles. The minimum absolute atomic E-state index is 0.980. The van der Waals surface area contributed by atoms with Gasteiger partial charge in [0.05, 0.1) is 8.07 Å². The zero-order valence-corrected chi connectivity index (χ0v) is 10.9. The Kier molecular flexibility index (Phi) is 6.05. The molecular formula is C12H24Si. The van der Waals surface area contributed by atoms with Gasteiger partial charge in [0.2, 0.25) is 0 Å². The van der Waals surface area contributed by atoms with E-state index >= 15 is 0 Å². The molecule has 76 valence electrons. The van der Waals surface area contributed by atoms with E-state index in [2.05, 4.69) is 51.3 Å². The summed E-state index contributed by atoms with van der Waals surface area (Å²) in [7, 11) is -0.980. The molecule has 0 saturated heterocycles. The van der Waals surface area contributed by atoms with E-state index in [1.807, 2.05) is 0 Å². The van der Waals surface area contributed by atoms with E-state index in [1.54, 1.807) is 0 Å². The highest BCUT2D eigenvalue weighted by atomic mass is 28.3. The number of hydrogen-bond acceptors (Lipinski definition) is 0. The summed E-state index contributed by atoms with van der Waals surface area (Å²) in [6.45, 7) is 11.5. The van der Waals surface area contributed by atoms with Crippen molar-refractivity contribution in [1.29, 1.82) is 0 Å². The third kappa shape index (κ3) is 9.61. The van der Waals surface area contributed by atoms with Gasteiger partial charge in [-0.2, -0.15) is 0 Å². The molecule has 0 aliphatic heterocycles. The third-order valence-corrected chi connectivity index (χ3v) is 3.09. The molecule has 0 spiro atoms. The second-order valence-electron chi connectivity index (χ2n) is 4.84. The van der Waals surface area contributed by atoms with E-state index in [0.717, 1.165) is 0 Å². The molecule has 1 heteroatoms. The standard InChI is InChI=1S/C12H24Si/c1-6-7-9-12(2)10-8-11-13(3,4)5/h8,10-11H,6-7,9H2,1-5H3/b11-8+,12-10+. The van der Waals surface area contributed by atoms with Gasteiger partial charge in [-0.1, -0.05) is 56.4 Å². The molecule has 13 heavy (non-hydrogen) atoms. The van der Waals surface area contributed by atoms with Gasteiger partial charge in [-0.25, -0.2) is 0 Å². The molecule has 0 amide bonds. The average molecular weight is 196 g/mol. The molecule has 0 aromatic carbocycles. The van der Waals surface area contributed by atoms with Crippen molar-refractivity contribution in [2.24, 2.45) is 0 Å². The summed E-state index contributed by atoms with van der Waals surface area (Å²) >= 11 is 0. The van der Waals surface area contributed by atoms with Crippen molar-refractivity contribution in [3.05, 3.63) is 23.4 Å². The van der Waals surface area contributed by atoms with Gasteiger partial charge in [-0.05, 0) is 19.8 Å². The Morgan fingerprint density at radius 3 is 2.31 bits per heavy atom. The Hall–Kier alpha value is -0.303. The molecule has 0 fully saturated rings. The van der Waals surface area contributed by atoms with Crippen molar-refractivity contribution in [1.82, 2.24) is 0 Å². The first-order valence-corrected chi connectivity index (χ1v) is 8.88. The molecule has 0 unspecified atom stereocenters. The SMILES string of the molecule is CCCC/C(C)=C/C=C/[Si](C)(C)C. The summed E-state index contributed by atoms with van der Waals surface area (Å²) < 4.78 is 0. The van der Waals surface area contributed by atoms with Crippen molar-refractivity contribution in [2.45, 2.75) is 52.8 Å². The normalized spacial score (nSPS) is 14.1. The van der Waals surface area contributed by atoms with Gasteiger partial charge < -0.3 is 0 Å². The van der Waals surface area contributed by atoms with E-state index < -0.39 is 8.07 Å². The predicted octanol–water partition coefficient (Wildman–Crippen LogP) is 4.56. The number of unbranched alkanes of at least 4 members (excludes halogenated alkanes) is 1. The molecule has 0 N–H and O–H groups in total. The van der Waals surface area contributed by atoms with Crippen molar-refractivity contribution < 1.29 is 0 Å². The fraction of sp³-hybridized carbons (Fsp3) is 0.667. The van der Waals surface area contributed by atoms with Gasteiger partial charge in [0.15, 0.2) is 0 Å². The van der Waals surface area contributed by atoms with E-state index in [4.69, 9.17) is 0 Å². The van der Waals surface area contributed by atoms with Crippen LogP contribution in [0.5, 0.6) is 0 Å². The maximum Gasteiger partial charge on any atom is 0.0687 e. The van der Waals surface area contributed by atoms with Gasteiger partial charge in [-0.3, -0.25) is 0 Å². The van der Waals surface area contributed by atoms with Crippen LogP contribution in [0.2, 0.25) is 19.6 Å². The zero-order valence-electron chi connectivity index (χ0n) is 9.85. The summed E-state index contributed by atoms with van der Waals surface area (Å²) in [5, 5.41) is 0. The predicted molar refractivity (Wildman–Crippen MR) is 65.8 cm³/mol. The number of hydrogen-bond donors (Lipinski definition) is 0. The van der Waals surface area contributed by atoms with Crippen LogP contribution in [0.4, 0.5) is 0 Å². The fourth-order valence-corrected chi connectivity index (χ4v) is 1.71. The number of rotatable bonds is 5. The first kappa shape index (κ1) is 12.7. The van der Waals surface area contributed by atoms with Gasteiger partial charge in [0.25, 0.3) is 0 Å². The van der Waals surface area contributed by atoms with Crippen LogP contribution in [0.25, 0.3) is 0 Å². The van der Waals surface area contributed by atoms with Crippen molar-refractivity contribution in [2.75, 3.05) is 0 Å². The zero-order chi connectivity index (χ0) is 10.3. The van der Waals surface area contributed by atoms with Gasteiger partial charge >= 0.3 is 0 Å². The second kappa shape index (κ2) is 6.20. The lowest BCUT2D eigenvalue weighted by atomic mass is 10.1. The van der Waals surface area contributed by atoms with Crippen LogP contribution in [-0.4, -0.2) is 8.07 Å². The van der Waals surface area contributed by atoms with Crippen LogP contribution < -0.4 is 0 Å². The Bertz CT molecular complexity index is 182. The molecule has 0 bridgehead atoms. The Balaban J connectivity index is 3.89. The monoisotopic (exact) mass is 196 g/mol. The highest BCUT2D eigenvalue weighted by Gasteiger charge is 2.05. The number of allylic oxidation sites excluding steroid dienone is 3. The fourth-order valence-electron chi connectivity index (χ4n) is 1.04. The second-order valence-corrected chi connectivity index (χ2v) is 9.91. The van der Waals surface area contributed by atoms with E-state index in [0.29, 0.717) is 0 Å². The van der Waals surface area contributed by atoms with Gasteiger partial charge in [-0.15, -0.1) is 0 Å². The van der Waals surface area contributed by atoms with Crippen molar-refractivity contribution in [3.8, 4) is 0 Å². The third-order valence-electron chi connectivity index (χ3n) is 1.90. The maximum atomic E-state index is 2.39. The first-order chi connectivity index (χ1) is 5.95. The Morgan fingerprint density at radius 1 is 1.23 bits per heavy atom. The molecule has 0 radical (unpaired) electrons. The molecule has 0 rings (SSSR count). The van der Waals surface area contributed by atoms with E-state index in [-0.39, 0.29) is 0 Å². The summed E-state index contributed by atoms with van der Waals surface area (Å²) in [6.07, 6.45) is 8.39. The Labute approximate surface area is 84.8 Å². The Morgan fingerprint density at radius 2 is 1.85 bits per heavy atom. The van der Waals surface area contributed by atoms with E-state index in [1.165, 1.54) is 24.8 Å². The van der Waals surface area contributed by atoms with Crippen LogP contribution in [0.1, 0.15) is 33.1 Å². The summed E-state index contributed by atoms with van der Waals surface area (Å²) in [4.78, 5) is 0. The molecule has 0 saturated carbocycles. The topological polar surface area (TPSA) is 0 Å². The minimum atomic E-state index is -0.980. The van der Waals surface area contributed by atoms with Gasteiger partial charge in [0, 0.05) is 0 Å². The van der Waals surface area contributed by atoms with Gasteiger partial charge in [0.1, 0.15) is 0 Å². The molecule has 0 aromatic rings. The highest BCUT2D eigenvalue weighted by molar-refractivity contribution is 6.80. The average Bonchev–Trinajstić information content (AvgIpc) is 1.98. The molecular weight excluding hydrogens is 172 g/mol. The lowest BCUT2D eigenvalue weighted by Gasteiger charge is -2.07. The maximum absolute atomic E-state index is 2.39. The molecule has 0 atom stereocenters.